The number of phenolic OH excluding ortho intramolecular Hbond substituents is 1. The fourth-order valence-corrected chi connectivity index (χ4v) is 2.35. The topological polar surface area (TPSA) is 38.7 Å². The normalized spacial score (nSPS) is 20.9. The largest absolute Gasteiger partial charge is 0.508 e. The molecule has 5 heteroatoms. The number of hydrogen-bond donors (Lipinski definition) is 2. The molecule has 114 valence electrons. The van der Waals surface area contributed by atoms with Gasteiger partial charge >= 0.3 is 7.12 Å². The van der Waals surface area contributed by atoms with Crippen LogP contribution in [0.1, 0.15) is 38.8 Å². The summed E-state index contributed by atoms with van der Waals surface area (Å²) in [7, 11) is -0.407. The zero-order chi connectivity index (χ0) is 15.8. The minimum atomic E-state index is -0.407. The average Bonchev–Trinajstić information content (AvgIpc) is 2.59. The van der Waals surface area contributed by atoms with Gasteiger partial charge in [0.25, 0.3) is 0 Å². The van der Waals surface area contributed by atoms with Gasteiger partial charge in [0.05, 0.1) is 11.2 Å². The summed E-state index contributed by atoms with van der Waals surface area (Å²) in [6.45, 7) is 9.99. The molecule has 1 aliphatic heterocycles. The molecule has 1 aromatic carbocycles. The molecule has 0 unspecified atom stereocenters. The van der Waals surface area contributed by atoms with Gasteiger partial charge in [0, 0.05) is 5.75 Å². The highest BCUT2D eigenvalue weighted by Gasteiger charge is 2.52. The van der Waals surface area contributed by atoms with Gasteiger partial charge in [-0.05, 0) is 57.3 Å². The first kappa shape index (κ1) is 16.5. The van der Waals surface area contributed by atoms with E-state index in [1.165, 1.54) is 0 Å². The summed E-state index contributed by atoms with van der Waals surface area (Å²) < 4.78 is 12.1. The van der Waals surface area contributed by atoms with Crippen LogP contribution in [0.15, 0.2) is 23.7 Å². The quantitative estimate of drug-likeness (QED) is 0.661. The lowest BCUT2D eigenvalue weighted by atomic mass is 9.78. The Labute approximate surface area is 132 Å². The second-order valence-electron chi connectivity index (χ2n) is 6.51. The van der Waals surface area contributed by atoms with Gasteiger partial charge in [-0.25, -0.2) is 0 Å². The molecular formula is C16H23BO3S. The number of hydrogen-bond acceptors (Lipinski definition) is 4. The number of rotatable bonds is 3. The summed E-state index contributed by atoms with van der Waals surface area (Å²) in [5.41, 5.74) is 1.98. The number of aryl methyl sites for hydroxylation is 1. The summed E-state index contributed by atoms with van der Waals surface area (Å²) >= 11 is 4.39. The Morgan fingerprint density at radius 2 is 1.81 bits per heavy atom. The highest BCUT2D eigenvalue weighted by atomic mass is 32.1. The molecule has 1 fully saturated rings. The standard InChI is InChI=1S/C16H23BO3S/c1-11-6-7-12(9-14(11)18)8-13(10-21)17-19-15(2,3)16(4,5)20-17/h6-9,18,21H,10H2,1-5H3. The summed E-state index contributed by atoms with van der Waals surface area (Å²) in [5.74, 6) is 0.821. The molecular weight excluding hydrogens is 283 g/mol. The van der Waals surface area contributed by atoms with Gasteiger partial charge in [0.2, 0.25) is 0 Å². The maximum atomic E-state index is 9.81. The van der Waals surface area contributed by atoms with Crippen molar-refractivity contribution < 1.29 is 14.4 Å². The van der Waals surface area contributed by atoms with Crippen LogP contribution in [0.5, 0.6) is 5.75 Å². The molecule has 21 heavy (non-hydrogen) atoms. The molecule has 0 bridgehead atoms. The van der Waals surface area contributed by atoms with Crippen LogP contribution in [0, 0.1) is 6.92 Å². The summed E-state index contributed by atoms with van der Waals surface area (Å²) in [4.78, 5) is 0. The summed E-state index contributed by atoms with van der Waals surface area (Å²) in [6, 6.07) is 5.59. The van der Waals surface area contributed by atoms with Crippen molar-refractivity contribution in [1.82, 2.24) is 0 Å². The fraction of sp³-hybridized carbons (Fsp3) is 0.500. The van der Waals surface area contributed by atoms with Gasteiger partial charge in [0.15, 0.2) is 0 Å². The zero-order valence-corrected chi connectivity index (χ0v) is 14.2. The number of benzene rings is 1. The van der Waals surface area contributed by atoms with E-state index in [2.05, 4.69) is 12.6 Å². The molecule has 0 amide bonds. The molecule has 0 radical (unpaired) electrons. The van der Waals surface area contributed by atoms with E-state index < -0.39 is 7.12 Å². The second kappa shape index (κ2) is 5.71. The van der Waals surface area contributed by atoms with Crippen LogP contribution in [-0.4, -0.2) is 29.2 Å². The van der Waals surface area contributed by atoms with Crippen LogP contribution in [0.4, 0.5) is 0 Å². The monoisotopic (exact) mass is 306 g/mol. The lowest BCUT2D eigenvalue weighted by molar-refractivity contribution is 0.00578. The third-order valence-corrected chi connectivity index (χ3v) is 4.69. The van der Waals surface area contributed by atoms with E-state index in [1.54, 1.807) is 6.07 Å². The Bertz CT molecular complexity index is 551. The average molecular weight is 306 g/mol. The lowest BCUT2D eigenvalue weighted by Crippen LogP contribution is -2.41. The first-order valence-corrected chi connectivity index (χ1v) is 7.76. The van der Waals surface area contributed by atoms with Crippen molar-refractivity contribution in [2.24, 2.45) is 0 Å². The predicted molar refractivity (Wildman–Crippen MR) is 90.8 cm³/mol. The summed E-state index contributed by atoms with van der Waals surface area (Å²) in [6.07, 6.45) is 1.97. The third-order valence-electron chi connectivity index (χ3n) is 4.32. The van der Waals surface area contributed by atoms with Gasteiger partial charge in [-0.15, -0.1) is 0 Å². The SMILES string of the molecule is Cc1ccc(C=C(CS)B2OC(C)(C)C(C)(C)O2)cc1O. The van der Waals surface area contributed by atoms with E-state index in [1.807, 2.05) is 52.8 Å². The van der Waals surface area contributed by atoms with Crippen LogP contribution in [0.25, 0.3) is 6.08 Å². The molecule has 0 spiro atoms. The first-order chi connectivity index (χ1) is 9.66. The number of phenols is 1. The molecule has 1 N–H and O–H groups in total. The van der Waals surface area contributed by atoms with Crippen molar-refractivity contribution in [3.63, 3.8) is 0 Å². The van der Waals surface area contributed by atoms with Crippen LogP contribution >= 0.6 is 12.6 Å². The minimum Gasteiger partial charge on any atom is -0.508 e. The number of aromatic hydroxyl groups is 1. The maximum Gasteiger partial charge on any atom is 0.491 e. The van der Waals surface area contributed by atoms with E-state index in [0.29, 0.717) is 5.75 Å². The molecule has 1 heterocycles. The van der Waals surface area contributed by atoms with Crippen molar-refractivity contribution >= 4 is 25.8 Å². The van der Waals surface area contributed by atoms with E-state index in [0.717, 1.165) is 16.6 Å². The number of thiol groups is 1. The van der Waals surface area contributed by atoms with Crippen molar-refractivity contribution in [1.29, 1.82) is 0 Å². The Balaban J connectivity index is 2.28. The van der Waals surface area contributed by atoms with Gasteiger partial charge < -0.3 is 14.4 Å². The molecule has 0 aromatic heterocycles. The molecule has 0 aliphatic carbocycles. The van der Waals surface area contributed by atoms with Crippen molar-refractivity contribution in [2.45, 2.75) is 45.8 Å². The van der Waals surface area contributed by atoms with Crippen LogP contribution in [0.3, 0.4) is 0 Å². The van der Waals surface area contributed by atoms with E-state index in [4.69, 9.17) is 9.31 Å². The molecule has 1 aromatic rings. The first-order valence-electron chi connectivity index (χ1n) is 7.13. The molecule has 1 aliphatic rings. The highest BCUT2D eigenvalue weighted by molar-refractivity contribution is 7.80. The van der Waals surface area contributed by atoms with Gasteiger partial charge in [0.1, 0.15) is 5.75 Å². The predicted octanol–water partition coefficient (Wildman–Crippen LogP) is 3.65. The molecule has 3 nitrogen and oxygen atoms in total. The van der Waals surface area contributed by atoms with E-state index in [9.17, 15) is 5.11 Å². The van der Waals surface area contributed by atoms with Gasteiger partial charge in [-0.3, -0.25) is 0 Å². The Morgan fingerprint density at radius 3 is 2.29 bits per heavy atom. The van der Waals surface area contributed by atoms with Crippen LogP contribution in [0.2, 0.25) is 0 Å². The summed E-state index contributed by atoms with van der Waals surface area (Å²) in [5, 5.41) is 9.81. The second-order valence-corrected chi connectivity index (χ2v) is 6.83. The Hall–Kier alpha value is -0.905. The van der Waals surface area contributed by atoms with E-state index >= 15 is 0 Å². The lowest BCUT2D eigenvalue weighted by Gasteiger charge is -2.32. The van der Waals surface area contributed by atoms with Crippen molar-refractivity contribution in [3.05, 3.63) is 34.8 Å². The van der Waals surface area contributed by atoms with Crippen LogP contribution in [-0.2, 0) is 9.31 Å². The van der Waals surface area contributed by atoms with Crippen molar-refractivity contribution in [2.75, 3.05) is 5.75 Å². The minimum absolute atomic E-state index is 0.288. The molecule has 0 saturated carbocycles. The molecule has 1 saturated heterocycles. The van der Waals surface area contributed by atoms with Gasteiger partial charge in [-0.2, -0.15) is 12.6 Å². The smallest absolute Gasteiger partial charge is 0.491 e. The van der Waals surface area contributed by atoms with Gasteiger partial charge in [-0.1, -0.05) is 18.2 Å². The molecule has 2 rings (SSSR count). The maximum absolute atomic E-state index is 9.81. The third kappa shape index (κ3) is 3.30. The Morgan fingerprint density at radius 1 is 1.24 bits per heavy atom. The Kier molecular flexibility index (Phi) is 4.48. The van der Waals surface area contributed by atoms with E-state index in [-0.39, 0.29) is 17.0 Å². The molecule has 0 atom stereocenters. The van der Waals surface area contributed by atoms with Crippen molar-refractivity contribution in [3.8, 4) is 5.75 Å². The highest BCUT2D eigenvalue weighted by Crippen LogP contribution is 2.39. The fourth-order valence-electron chi connectivity index (χ4n) is 2.11. The van der Waals surface area contributed by atoms with Crippen LogP contribution < -0.4 is 0 Å². The zero-order valence-electron chi connectivity index (χ0n) is 13.3.